The number of phenolic OH excluding ortho intramolecular Hbond substituents is 1. The van der Waals surface area contributed by atoms with E-state index < -0.39 is 128 Å². The van der Waals surface area contributed by atoms with Gasteiger partial charge in [0.25, 0.3) is 0 Å². The summed E-state index contributed by atoms with van der Waals surface area (Å²) in [5, 5.41) is 61.6. The van der Waals surface area contributed by atoms with Crippen LogP contribution in [0, 0.1) is 11.8 Å². The summed E-state index contributed by atoms with van der Waals surface area (Å²) in [6.45, 7) is 0.308. The number of carbonyl (C=O) groups is 3. The van der Waals surface area contributed by atoms with Gasteiger partial charge in [-0.1, -0.05) is 48.5 Å². The number of benzene rings is 3. The Balaban J connectivity index is 1.10. The monoisotopic (exact) mass is 862 g/mol. The Morgan fingerprint density at radius 2 is 1.35 bits per heavy atom. The molecular weight excluding hydrogens is 816 g/mol. The van der Waals surface area contributed by atoms with Crippen LogP contribution in [-0.2, 0) is 47.4 Å². The number of ether oxygens (including phenoxy) is 9. The van der Waals surface area contributed by atoms with Crippen LogP contribution in [0.2, 0.25) is 0 Å². The third kappa shape index (κ3) is 8.58. The van der Waals surface area contributed by atoms with Crippen molar-refractivity contribution in [3.05, 3.63) is 120 Å². The fourth-order valence-corrected chi connectivity index (χ4v) is 8.42. The maximum absolute atomic E-state index is 13.8. The zero-order valence-corrected chi connectivity index (χ0v) is 33.0. The first-order valence-electron chi connectivity index (χ1n) is 20.0. The molecule has 16 atom stereocenters. The molecule has 62 heavy (non-hydrogen) atoms. The van der Waals surface area contributed by atoms with E-state index in [0.717, 1.165) is 6.08 Å². The van der Waals surface area contributed by atoms with Gasteiger partial charge >= 0.3 is 17.9 Å². The molecule has 3 saturated heterocycles. The van der Waals surface area contributed by atoms with Gasteiger partial charge < -0.3 is 73.3 Å². The number of aliphatic hydroxyl groups is 5. The van der Waals surface area contributed by atoms with E-state index in [-0.39, 0.29) is 16.9 Å². The summed E-state index contributed by atoms with van der Waals surface area (Å²) in [5.74, 6) is -4.05. The lowest BCUT2D eigenvalue weighted by Gasteiger charge is -2.45. The SMILES string of the molecule is CC1OC(OC2C3C=COC(OC4OC(CO)C(O)C(O)C4O)C3C3(CO)OC23)C(OC(=O)c2ccccc2)C(OC(=O)c2ccccc2)C1OC(=O)C=Cc1ccc(O)cc1. The van der Waals surface area contributed by atoms with Crippen LogP contribution < -0.4 is 0 Å². The molecule has 4 aliphatic heterocycles. The Kier molecular flexibility index (Phi) is 12.8. The van der Waals surface area contributed by atoms with Gasteiger partial charge in [0.2, 0.25) is 6.29 Å². The van der Waals surface area contributed by atoms with Crippen molar-refractivity contribution in [2.75, 3.05) is 13.2 Å². The lowest BCUT2D eigenvalue weighted by Crippen LogP contribution is -2.62. The first kappa shape index (κ1) is 43.4. The Morgan fingerprint density at radius 3 is 1.98 bits per heavy atom. The second-order valence-electron chi connectivity index (χ2n) is 15.5. The first-order chi connectivity index (χ1) is 29.9. The molecule has 0 radical (unpaired) electrons. The highest BCUT2D eigenvalue weighted by Gasteiger charge is 2.77. The molecule has 0 spiro atoms. The molecule has 0 amide bonds. The number of esters is 3. The first-order valence-corrected chi connectivity index (χ1v) is 20.0. The van der Waals surface area contributed by atoms with Crippen LogP contribution in [0.25, 0.3) is 6.08 Å². The number of aliphatic hydroxyl groups excluding tert-OH is 5. The number of hydrogen-bond donors (Lipinski definition) is 6. The quantitative estimate of drug-likeness (QED) is 0.0605. The third-order valence-electron chi connectivity index (χ3n) is 11.7. The minimum Gasteiger partial charge on any atom is -0.508 e. The summed E-state index contributed by atoms with van der Waals surface area (Å²) in [5.41, 5.74) is -0.488. The molecular formula is C44H46O18. The minimum absolute atomic E-state index is 0.0336. The van der Waals surface area contributed by atoms with Crippen molar-refractivity contribution in [2.24, 2.45) is 11.8 Å². The molecule has 3 aromatic carbocycles. The van der Waals surface area contributed by atoms with Crippen molar-refractivity contribution in [2.45, 2.75) is 92.4 Å². The van der Waals surface area contributed by atoms with Gasteiger partial charge in [0.15, 0.2) is 30.9 Å². The summed E-state index contributed by atoms with van der Waals surface area (Å²) >= 11 is 0. The number of aromatic hydroxyl groups is 1. The summed E-state index contributed by atoms with van der Waals surface area (Å²) in [4.78, 5) is 41.1. The van der Waals surface area contributed by atoms with Crippen LogP contribution in [0.5, 0.6) is 5.75 Å². The van der Waals surface area contributed by atoms with Crippen molar-refractivity contribution in [1.82, 2.24) is 0 Å². The van der Waals surface area contributed by atoms with Crippen LogP contribution >= 0.6 is 0 Å². The van der Waals surface area contributed by atoms with E-state index >= 15 is 0 Å². The van der Waals surface area contributed by atoms with Gasteiger partial charge in [0.1, 0.15) is 41.9 Å². The van der Waals surface area contributed by atoms with Crippen LogP contribution in [0.4, 0.5) is 0 Å². The molecule has 16 unspecified atom stereocenters. The zero-order chi connectivity index (χ0) is 43.7. The largest absolute Gasteiger partial charge is 0.508 e. The van der Waals surface area contributed by atoms with Crippen LogP contribution in [-0.4, -0.2) is 147 Å². The molecule has 1 aliphatic carbocycles. The highest BCUT2D eigenvalue weighted by molar-refractivity contribution is 5.91. The van der Waals surface area contributed by atoms with E-state index in [2.05, 4.69) is 0 Å². The fraction of sp³-hybridized carbons (Fsp3) is 0.432. The predicted molar refractivity (Wildman–Crippen MR) is 208 cm³/mol. The molecule has 18 heteroatoms. The average molecular weight is 863 g/mol. The predicted octanol–water partition coefficient (Wildman–Crippen LogP) is 0.961. The van der Waals surface area contributed by atoms with Crippen molar-refractivity contribution < 1.29 is 87.7 Å². The van der Waals surface area contributed by atoms with E-state index in [9.17, 15) is 45.0 Å². The summed E-state index contributed by atoms with van der Waals surface area (Å²) in [6, 6.07) is 22.0. The molecule has 3 aromatic rings. The van der Waals surface area contributed by atoms with Crippen LogP contribution in [0.15, 0.2) is 103 Å². The van der Waals surface area contributed by atoms with Gasteiger partial charge in [-0.05, 0) is 61.0 Å². The maximum atomic E-state index is 13.8. The van der Waals surface area contributed by atoms with Crippen molar-refractivity contribution in [3.63, 3.8) is 0 Å². The standard InChI is InChI=1S/C44H46O18/c1-22-34(57-29(48)17-14-23-12-15-26(47)16-13-23)36(58-39(52)24-8-4-2-5-9-24)37(59-40(53)25-10-6-3-7-11-25)43(55-22)60-35-27-18-19-54-41(30(27)44(21-46)38(35)62-44)61-42-33(51)32(50)31(49)28(20-45)56-42/h2-19,22,27-28,30-38,41-43,45-47,49-51H,20-21H2,1H3. The molecule has 1 saturated carbocycles. The molecule has 5 aliphatic rings. The van der Waals surface area contributed by atoms with Gasteiger partial charge in [-0.15, -0.1) is 0 Å². The topological polar surface area (TPSA) is 259 Å². The number of phenols is 1. The smallest absolute Gasteiger partial charge is 0.338 e. The number of fused-ring (bicyclic) bond motifs is 3. The van der Waals surface area contributed by atoms with E-state index in [1.54, 1.807) is 61.5 Å². The molecule has 4 fully saturated rings. The highest BCUT2D eigenvalue weighted by atomic mass is 16.8. The zero-order valence-electron chi connectivity index (χ0n) is 33.0. The number of hydrogen-bond acceptors (Lipinski definition) is 18. The highest BCUT2D eigenvalue weighted by Crippen LogP contribution is 2.61. The minimum atomic E-state index is -1.76. The summed E-state index contributed by atoms with van der Waals surface area (Å²) in [6.07, 6.45) is -12.7. The Bertz CT molecular complexity index is 2100. The molecule has 0 aromatic heterocycles. The normalized spacial score (nSPS) is 37.1. The summed E-state index contributed by atoms with van der Waals surface area (Å²) < 4.78 is 54.6. The van der Waals surface area contributed by atoms with Gasteiger partial charge in [0, 0.05) is 12.0 Å². The molecule has 8 rings (SSSR count). The second kappa shape index (κ2) is 18.2. The Hall–Kier alpha value is -5.25. The van der Waals surface area contributed by atoms with Crippen LogP contribution in [0.3, 0.4) is 0 Å². The van der Waals surface area contributed by atoms with Gasteiger partial charge in [-0.25, -0.2) is 14.4 Å². The fourth-order valence-electron chi connectivity index (χ4n) is 8.42. The van der Waals surface area contributed by atoms with Crippen molar-refractivity contribution in [1.29, 1.82) is 0 Å². The van der Waals surface area contributed by atoms with Crippen LogP contribution in [0.1, 0.15) is 33.2 Å². The van der Waals surface area contributed by atoms with E-state index in [1.807, 2.05) is 0 Å². The average Bonchev–Trinajstić information content (AvgIpc) is 3.96. The van der Waals surface area contributed by atoms with E-state index in [0.29, 0.717) is 5.56 Å². The maximum Gasteiger partial charge on any atom is 0.338 e. The number of rotatable bonds is 13. The van der Waals surface area contributed by atoms with Crippen molar-refractivity contribution in [3.8, 4) is 5.75 Å². The van der Waals surface area contributed by atoms with E-state index in [4.69, 9.17) is 42.6 Å². The molecule has 18 nitrogen and oxygen atoms in total. The molecule has 0 bridgehead atoms. The molecule has 330 valence electrons. The second-order valence-corrected chi connectivity index (χ2v) is 15.5. The van der Waals surface area contributed by atoms with Gasteiger partial charge in [0.05, 0.1) is 48.7 Å². The lowest BCUT2D eigenvalue weighted by molar-refractivity contribution is -0.346. The van der Waals surface area contributed by atoms with Crippen molar-refractivity contribution >= 4 is 24.0 Å². The Labute approximate surface area is 354 Å². The molecule has 4 heterocycles. The number of carbonyl (C=O) groups excluding carboxylic acids is 3. The summed E-state index contributed by atoms with van der Waals surface area (Å²) in [7, 11) is 0. The molecule has 6 N–H and O–H groups in total. The Morgan fingerprint density at radius 1 is 0.710 bits per heavy atom. The number of epoxide rings is 1. The van der Waals surface area contributed by atoms with Gasteiger partial charge in [-0.2, -0.15) is 0 Å². The lowest BCUT2D eigenvalue weighted by atomic mass is 9.85. The third-order valence-corrected chi connectivity index (χ3v) is 11.7. The van der Waals surface area contributed by atoms with Gasteiger partial charge in [-0.3, -0.25) is 0 Å². The van der Waals surface area contributed by atoms with E-state index in [1.165, 1.54) is 48.7 Å².